The van der Waals surface area contributed by atoms with Crippen LogP contribution in [0, 0.1) is 5.92 Å². The molecule has 3 unspecified atom stereocenters. The standard InChI is InChI=1S/C16H20O2/c1-11-6-9-15(18-11)16(17)14-8-7-12-4-2-3-5-13(12)10-14/h2-5,11,14-15H,6-10H2,1H3. The first kappa shape index (κ1) is 11.9. The lowest BCUT2D eigenvalue weighted by Crippen LogP contribution is -2.32. The lowest BCUT2D eigenvalue weighted by atomic mass is 9.80. The number of fused-ring (bicyclic) bond motifs is 1. The maximum atomic E-state index is 12.4. The molecular formula is C16H20O2. The quantitative estimate of drug-likeness (QED) is 0.799. The first-order chi connectivity index (χ1) is 8.74. The predicted molar refractivity (Wildman–Crippen MR) is 70.5 cm³/mol. The van der Waals surface area contributed by atoms with Crippen LogP contribution in [0.4, 0.5) is 0 Å². The molecule has 3 atom stereocenters. The molecule has 1 fully saturated rings. The average Bonchev–Trinajstić information content (AvgIpc) is 2.84. The molecule has 2 heteroatoms. The van der Waals surface area contributed by atoms with Gasteiger partial charge in [0.2, 0.25) is 0 Å². The number of rotatable bonds is 2. The van der Waals surface area contributed by atoms with E-state index in [-0.39, 0.29) is 18.1 Å². The number of carbonyl (C=O) groups excluding carboxylic acids is 1. The van der Waals surface area contributed by atoms with Crippen molar-refractivity contribution in [1.82, 2.24) is 0 Å². The summed E-state index contributed by atoms with van der Waals surface area (Å²) in [5.41, 5.74) is 2.77. The summed E-state index contributed by atoms with van der Waals surface area (Å²) < 4.78 is 5.71. The molecule has 1 aromatic rings. The van der Waals surface area contributed by atoms with Gasteiger partial charge in [0.1, 0.15) is 6.10 Å². The van der Waals surface area contributed by atoms with Crippen LogP contribution in [-0.2, 0) is 22.4 Å². The van der Waals surface area contributed by atoms with Gasteiger partial charge in [-0.15, -0.1) is 0 Å². The highest BCUT2D eigenvalue weighted by molar-refractivity contribution is 5.86. The van der Waals surface area contributed by atoms with Crippen molar-refractivity contribution in [2.24, 2.45) is 5.92 Å². The van der Waals surface area contributed by atoms with Gasteiger partial charge in [-0.1, -0.05) is 24.3 Å². The number of carbonyl (C=O) groups is 1. The van der Waals surface area contributed by atoms with Crippen LogP contribution < -0.4 is 0 Å². The molecule has 1 aromatic carbocycles. The van der Waals surface area contributed by atoms with E-state index in [1.807, 2.05) is 0 Å². The third-order valence-electron chi connectivity index (χ3n) is 4.30. The van der Waals surface area contributed by atoms with Gasteiger partial charge in [-0.25, -0.2) is 0 Å². The first-order valence-corrected chi connectivity index (χ1v) is 7.00. The van der Waals surface area contributed by atoms with Gasteiger partial charge in [0.05, 0.1) is 6.10 Å². The Morgan fingerprint density at radius 2 is 1.94 bits per heavy atom. The second-order valence-electron chi connectivity index (χ2n) is 5.62. The van der Waals surface area contributed by atoms with Crippen molar-refractivity contribution in [3.63, 3.8) is 0 Å². The summed E-state index contributed by atoms with van der Waals surface area (Å²) in [5.74, 6) is 0.518. The summed E-state index contributed by atoms with van der Waals surface area (Å²) in [5, 5.41) is 0. The molecule has 0 spiro atoms. The van der Waals surface area contributed by atoms with Crippen molar-refractivity contribution < 1.29 is 9.53 Å². The Morgan fingerprint density at radius 1 is 1.17 bits per heavy atom. The zero-order chi connectivity index (χ0) is 12.5. The van der Waals surface area contributed by atoms with Crippen LogP contribution in [0.3, 0.4) is 0 Å². The minimum absolute atomic E-state index is 0.129. The molecule has 2 nitrogen and oxygen atoms in total. The molecule has 0 N–H and O–H groups in total. The lowest BCUT2D eigenvalue weighted by molar-refractivity contribution is -0.133. The number of ketones is 1. The fourth-order valence-corrected chi connectivity index (χ4v) is 3.22. The molecule has 0 bridgehead atoms. The van der Waals surface area contributed by atoms with Gasteiger partial charge >= 0.3 is 0 Å². The van der Waals surface area contributed by atoms with Gasteiger partial charge < -0.3 is 4.74 Å². The van der Waals surface area contributed by atoms with E-state index in [1.54, 1.807) is 0 Å². The van der Waals surface area contributed by atoms with Crippen molar-refractivity contribution in [1.29, 1.82) is 0 Å². The average molecular weight is 244 g/mol. The lowest BCUT2D eigenvalue weighted by Gasteiger charge is -2.25. The molecule has 0 saturated carbocycles. The smallest absolute Gasteiger partial charge is 0.164 e. The van der Waals surface area contributed by atoms with Crippen LogP contribution in [0.15, 0.2) is 24.3 Å². The highest BCUT2D eigenvalue weighted by Crippen LogP contribution is 2.30. The Labute approximate surface area is 108 Å². The van der Waals surface area contributed by atoms with E-state index in [0.717, 1.165) is 32.1 Å². The highest BCUT2D eigenvalue weighted by Gasteiger charge is 2.34. The maximum absolute atomic E-state index is 12.4. The molecule has 18 heavy (non-hydrogen) atoms. The minimum atomic E-state index is -0.129. The molecule has 0 aromatic heterocycles. The minimum Gasteiger partial charge on any atom is -0.367 e. The van der Waals surface area contributed by atoms with E-state index < -0.39 is 0 Å². The van der Waals surface area contributed by atoms with Crippen LogP contribution in [0.1, 0.15) is 37.3 Å². The zero-order valence-electron chi connectivity index (χ0n) is 10.9. The number of hydrogen-bond acceptors (Lipinski definition) is 2. The number of aryl methyl sites for hydroxylation is 1. The van der Waals surface area contributed by atoms with Crippen molar-refractivity contribution in [3.05, 3.63) is 35.4 Å². The molecule has 0 radical (unpaired) electrons. The van der Waals surface area contributed by atoms with E-state index in [0.29, 0.717) is 5.78 Å². The summed E-state index contributed by atoms with van der Waals surface area (Å²) in [6.07, 6.45) is 5.00. The number of Topliss-reactive ketones (excluding diaryl/α,β-unsaturated/α-hetero) is 1. The third-order valence-corrected chi connectivity index (χ3v) is 4.30. The van der Waals surface area contributed by atoms with Gasteiger partial charge in [0, 0.05) is 5.92 Å². The third kappa shape index (κ3) is 2.22. The van der Waals surface area contributed by atoms with E-state index in [9.17, 15) is 4.79 Å². The van der Waals surface area contributed by atoms with Crippen LogP contribution in [-0.4, -0.2) is 18.0 Å². The van der Waals surface area contributed by atoms with E-state index in [4.69, 9.17) is 4.74 Å². The maximum Gasteiger partial charge on any atom is 0.164 e. The topological polar surface area (TPSA) is 26.3 Å². The summed E-state index contributed by atoms with van der Waals surface area (Å²) in [4.78, 5) is 12.4. The molecule has 1 aliphatic carbocycles. The Morgan fingerprint density at radius 3 is 2.67 bits per heavy atom. The van der Waals surface area contributed by atoms with Crippen LogP contribution in [0.5, 0.6) is 0 Å². The van der Waals surface area contributed by atoms with Gasteiger partial charge in [0.25, 0.3) is 0 Å². The van der Waals surface area contributed by atoms with Crippen molar-refractivity contribution in [2.45, 2.75) is 51.2 Å². The molecule has 1 saturated heterocycles. The fourth-order valence-electron chi connectivity index (χ4n) is 3.22. The van der Waals surface area contributed by atoms with Gasteiger partial charge in [-0.2, -0.15) is 0 Å². The Balaban J connectivity index is 1.70. The number of ether oxygens (including phenoxy) is 1. The van der Waals surface area contributed by atoms with Crippen LogP contribution in [0.2, 0.25) is 0 Å². The SMILES string of the molecule is CC1CCC(C(=O)C2CCc3ccccc3C2)O1. The van der Waals surface area contributed by atoms with Crippen molar-refractivity contribution in [2.75, 3.05) is 0 Å². The monoisotopic (exact) mass is 244 g/mol. The molecule has 1 aliphatic heterocycles. The first-order valence-electron chi connectivity index (χ1n) is 7.00. The largest absolute Gasteiger partial charge is 0.367 e. The van der Waals surface area contributed by atoms with E-state index in [1.165, 1.54) is 11.1 Å². The zero-order valence-corrected chi connectivity index (χ0v) is 10.9. The van der Waals surface area contributed by atoms with E-state index >= 15 is 0 Å². The van der Waals surface area contributed by atoms with Gasteiger partial charge in [-0.05, 0) is 50.2 Å². The van der Waals surface area contributed by atoms with Crippen LogP contribution >= 0.6 is 0 Å². The molecule has 1 heterocycles. The normalized spacial score (nSPS) is 31.1. The second kappa shape index (κ2) is 4.85. The van der Waals surface area contributed by atoms with Crippen LogP contribution in [0.25, 0.3) is 0 Å². The molecule has 3 rings (SSSR count). The van der Waals surface area contributed by atoms with E-state index in [2.05, 4.69) is 31.2 Å². The summed E-state index contributed by atoms with van der Waals surface area (Å²) >= 11 is 0. The second-order valence-corrected chi connectivity index (χ2v) is 5.62. The van der Waals surface area contributed by atoms with Gasteiger partial charge in [-0.3, -0.25) is 4.79 Å². The molecule has 2 aliphatic rings. The van der Waals surface area contributed by atoms with Crippen molar-refractivity contribution >= 4 is 5.78 Å². The fraction of sp³-hybridized carbons (Fsp3) is 0.562. The Bertz CT molecular complexity index is 452. The Hall–Kier alpha value is -1.15. The summed E-state index contributed by atoms with van der Waals surface area (Å²) in [7, 11) is 0. The summed E-state index contributed by atoms with van der Waals surface area (Å²) in [6, 6.07) is 8.50. The van der Waals surface area contributed by atoms with Gasteiger partial charge in [0.15, 0.2) is 5.78 Å². The summed E-state index contributed by atoms with van der Waals surface area (Å²) in [6.45, 7) is 2.06. The highest BCUT2D eigenvalue weighted by atomic mass is 16.5. The predicted octanol–water partition coefficient (Wildman–Crippen LogP) is 2.93. The van der Waals surface area contributed by atoms with Crippen molar-refractivity contribution in [3.8, 4) is 0 Å². The Kier molecular flexibility index (Phi) is 3.21. The molecule has 0 amide bonds. The number of benzene rings is 1. The molecular weight excluding hydrogens is 224 g/mol. The molecule has 96 valence electrons. The number of hydrogen-bond donors (Lipinski definition) is 0.